The molecule has 3 aromatic carbocycles. The number of rotatable bonds is 9. The van der Waals surface area contributed by atoms with E-state index in [0.717, 1.165) is 16.7 Å². The van der Waals surface area contributed by atoms with Crippen molar-refractivity contribution in [2.24, 2.45) is 0 Å². The van der Waals surface area contributed by atoms with Gasteiger partial charge < -0.3 is 13.7 Å². The van der Waals surface area contributed by atoms with Crippen LogP contribution in [-0.2, 0) is 14.9 Å². The average Bonchev–Trinajstić information content (AvgIpc) is 3.14. The summed E-state index contributed by atoms with van der Waals surface area (Å²) in [6.07, 6.45) is 1.53. The minimum absolute atomic E-state index is 0.00680. The van der Waals surface area contributed by atoms with E-state index >= 15 is 0 Å². The minimum atomic E-state index is -4.16. The van der Waals surface area contributed by atoms with Gasteiger partial charge in [0, 0.05) is 10.0 Å². The summed E-state index contributed by atoms with van der Waals surface area (Å²) in [4.78, 5) is 26.6. The second-order valence-electron chi connectivity index (χ2n) is 7.66. The molecule has 0 radical (unpaired) electrons. The number of hydrogen-bond acceptors (Lipinski definition) is 8. The first kappa shape index (κ1) is 28.6. The van der Waals surface area contributed by atoms with Crippen molar-refractivity contribution in [1.82, 2.24) is 4.90 Å². The molecule has 0 spiro atoms. The van der Waals surface area contributed by atoms with E-state index < -0.39 is 21.3 Å². The van der Waals surface area contributed by atoms with E-state index in [1.54, 1.807) is 30.3 Å². The third kappa shape index (κ3) is 6.75. The molecule has 0 aliphatic carbocycles. The van der Waals surface area contributed by atoms with Gasteiger partial charge in [0.15, 0.2) is 11.5 Å². The molecule has 8 nitrogen and oxygen atoms in total. The summed E-state index contributed by atoms with van der Waals surface area (Å²) in [5.74, 6) is 0.238. The van der Waals surface area contributed by atoms with E-state index in [2.05, 4.69) is 0 Å². The molecule has 0 saturated carbocycles. The Morgan fingerprint density at radius 1 is 1.00 bits per heavy atom. The highest BCUT2D eigenvalue weighted by Gasteiger charge is 2.35. The van der Waals surface area contributed by atoms with Crippen LogP contribution in [0, 0.1) is 3.57 Å². The summed E-state index contributed by atoms with van der Waals surface area (Å²) >= 11 is 14.4. The number of ether oxygens (including phenoxy) is 2. The van der Waals surface area contributed by atoms with Crippen LogP contribution in [0.25, 0.3) is 6.08 Å². The zero-order chi connectivity index (χ0) is 27.4. The maximum atomic E-state index is 12.9. The normalized spacial score (nSPS) is 14.7. The smallest absolute Gasteiger partial charge is 0.339 e. The zero-order valence-electron chi connectivity index (χ0n) is 19.5. The summed E-state index contributed by atoms with van der Waals surface area (Å²) in [6, 6.07) is 15.4. The fourth-order valence-electron chi connectivity index (χ4n) is 3.29. The van der Waals surface area contributed by atoms with Gasteiger partial charge in [0.2, 0.25) is 0 Å². The maximum Gasteiger partial charge on any atom is 0.339 e. The molecule has 1 saturated heterocycles. The van der Waals surface area contributed by atoms with Crippen molar-refractivity contribution in [1.29, 1.82) is 0 Å². The first-order valence-electron chi connectivity index (χ1n) is 10.8. The monoisotopic (exact) mass is 705 g/mol. The highest BCUT2D eigenvalue weighted by Crippen LogP contribution is 2.38. The molecule has 1 fully saturated rings. The van der Waals surface area contributed by atoms with E-state index in [1.165, 1.54) is 43.5 Å². The van der Waals surface area contributed by atoms with Gasteiger partial charge in [-0.2, -0.15) is 8.42 Å². The van der Waals surface area contributed by atoms with E-state index in [4.69, 9.17) is 36.9 Å². The lowest BCUT2D eigenvalue weighted by Crippen LogP contribution is -2.32. The summed E-state index contributed by atoms with van der Waals surface area (Å²) < 4.78 is 42.3. The van der Waals surface area contributed by atoms with Crippen molar-refractivity contribution in [2.45, 2.75) is 4.90 Å². The lowest BCUT2D eigenvalue weighted by Gasteiger charge is -2.14. The van der Waals surface area contributed by atoms with Gasteiger partial charge in [0.25, 0.3) is 11.1 Å². The van der Waals surface area contributed by atoms with Gasteiger partial charge >= 0.3 is 10.1 Å². The summed E-state index contributed by atoms with van der Waals surface area (Å²) in [5.41, 5.74) is 0.519. The van der Waals surface area contributed by atoms with Crippen LogP contribution in [0.1, 0.15) is 5.56 Å². The van der Waals surface area contributed by atoms with E-state index in [-0.39, 0.29) is 34.5 Å². The van der Waals surface area contributed by atoms with Crippen LogP contribution in [0.5, 0.6) is 17.2 Å². The van der Waals surface area contributed by atoms with Crippen molar-refractivity contribution in [3.05, 3.63) is 84.7 Å². The highest BCUT2D eigenvalue weighted by molar-refractivity contribution is 14.1. The van der Waals surface area contributed by atoms with Crippen LogP contribution >= 0.6 is 57.6 Å². The molecule has 13 heteroatoms. The van der Waals surface area contributed by atoms with Crippen LogP contribution < -0.4 is 13.7 Å². The van der Waals surface area contributed by atoms with Gasteiger partial charge in [0.1, 0.15) is 17.3 Å². The Bertz CT molecular complexity index is 1510. The minimum Gasteiger partial charge on any atom is -0.493 e. The number of hydrogen-bond donors (Lipinski definition) is 0. The molecule has 1 aliphatic heterocycles. The number of methoxy groups -OCH3 is 1. The maximum absolute atomic E-state index is 12.9. The van der Waals surface area contributed by atoms with Crippen LogP contribution in [0.3, 0.4) is 0 Å². The lowest BCUT2D eigenvalue weighted by atomic mass is 10.2. The third-order valence-corrected chi connectivity index (χ3v) is 8.56. The molecular formula is C25H18Cl2INO7S2. The van der Waals surface area contributed by atoms with Crippen LogP contribution in [0.4, 0.5) is 4.79 Å². The molecule has 0 bridgehead atoms. The number of imide groups is 1. The number of amides is 2. The molecular weight excluding hydrogens is 688 g/mol. The summed E-state index contributed by atoms with van der Waals surface area (Å²) in [5, 5.41) is 0.540. The zero-order valence-corrected chi connectivity index (χ0v) is 24.8. The van der Waals surface area contributed by atoms with Crippen molar-refractivity contribution >= 4 is 84.9 Å². The molecule has 0 aromatic heterocycles. The van der Waals surface area contributed by atoms with Gasteiger partial charge in [-0.15, -0.1) is 0 Å². The third-order valence-electron chi connectivity index (χ3n) is 5.12. The SMILES string of the molecule is COc1cc(/C=C2\SC(=O)N(CCOc3ccc(Cl)cc3)C2=O)cc(I)c1OS(=O)(=O)c1ccc(Cl)cc1. The number of carbonyl (C=O) groups excluding carboxylic acids is 2. The first-order valence-corrected chi connectivity index (χ1v) is 14.8. The van der Waals surface area contributed by atoms with E-state index in [9.17, 15) is 18.0 Å². The predicted molar refractivity (Wildman–Crippen MR) is 155 cm³/mol. The van der Waals surface area contributed by atoms with E-state index in [0.29, 0.717) is 24.9 Å². The van der Waals surface area contributed by atoms with Crippen LogP contribution in [0.2, 0.25) is 10.0 Å². The summed E-state index contributed by atoms with van der Waals surface area (Å²) in [6.45, 7) is 0.188. The Morgan fingerprint density at radius 3 is 2.26 bits per heavy atom. The number of nitrogens with zero attached hydrogens (tertiary/aromatic N) is 1. The Balaban J connectivity index is 1.49. The quantitative estimate of drug-likeness (QED) is 0.142. The summed E-state index contributed by atoms with van der Waals surface area (Å²) in [7, 11) is -2.80. The van der Waals surface area contributed by atoms with Gasteiger partial charge in [-0.25, -0.2) is 0 Å². The molecule has 1 heterocycles. The van der Waals surface area contributed by atoms with Gasteiger partial charge in [-0.05, 0) is 107 Å². The van der Waals surface area contributed by atoms with Gasteiger partial charge in [-0.3, -0.25) is 14.5 Å². The molecule has 0 unspecified atom stereocenters. The second-order valence-corrected chi connectivity index (χ2v) is 12.2. The fraction of sp³-hybridized carbons (Fsp3) is 0.120. The Labute approximate surface area is 247 Å². The van der Waals surface area contributed by atoms with E-state index in [1.807, 2.05) is 22.6 Å². The Kier molecular flexibility index (Phi) is 9.14. The number of carbonyl (C=O) groups is 2. The van der Waals surface area contributed by atoms with Crippen molar-refractivity contribution in [3.63, 3.8) is 0 Å². The molecule has 2 amide bonds. The predicted octanol–water partition coefficient (Wildman–Crippen LogP) is 6.49. The van der Waals surface area contributed by atoms with Crippen LogP contribution in [0.15, 0.2) is 70.5 Å². The fourth-order valence-corrected chi connectivity index (χ4v) is 6.25. The molecule has 38 heavy (non-hydrogen) atoms. The average molecular weight is 706 g/mol. The molecule has 0 N–H and O–H groups in total. The van der Waals surface area contributed by atoms with Gasteiger partial charge in [0.05, 0.1) is 22.1 Å². The standard InChI is InChI=1S/C25H18Cl2INO7S2/c1-34-21-13-15(12-20(28)23(21)36-38(32,33)19-8-4-17(27)5-9-19)14-22-24(30)29(25(31)37-22)10-11-35-18-6-2-16(26)3-7-18/h2-9,12-14H,10-11H2,1H3/b22-14-. The highest BCUT2D eigenvalue weighted by atomic mass is 127. The Morgan fingerprint density at radius 2 is 1.63 bits per heavy atom. The van der Waals surface area contributed by atoms with Gasteiger partial charge in [-0.1, -0.05) is 23.2 Å². The second kappa shape index (κ2) is 12.2. The van der Waals surface area contributed by atoms with Crippen molar-refractivity contribution in [3.8, 4) is 17.2 Å². The molecule has 0 atom stereocenters. The molecule has 198 valence electrons. The Hall–Kier alpha value is -2.45. The number of thioether (sulfide) groups is 1. The largest absolute Gasteiger partial charge is 0.493 e. The first-order chi connectivity index (χ1) is 18.1. The lowest BCUT2D eigenvalue weighted by molar-refractivity contribution is -0.123. The molecule has 1 aliphatic rings. The van der Waals surface area contributed by atoms with Crippen LogP contribution in [-0.4, -0.2) is 44.7 Å². The number of benzene rings is 3. The van der Waals surface area contributed by atoms with Crippen molar-refractivity contribution < 1.29 is 31.7 Å². The molecule has 4 rings (SSSR count). The van der Waals surface area contributed by atoms with Crippen molar-refractivity contribution in [2.75, 3.05) is 20.3 Å². The topological polar surface area (TPSA) is 99.2 Å². The number of halogens is 3. The molecule has 3 aromatic rings.